The van der Waals surface area contributed by atoms with Crippen molar-refractivity contribution in [3.63, 3.8) is 0 Å². The third kappa shape index (κ3) is 34.9. The van der Waals surface area contributed by atoms with Gasteiger partial charge in [0.1, 0.15) is 19.8 Å². The Morgan fingerprint density at radius 1 is 0.562 bits per heavy atom. The molecule has 0 aliphatic heterocycles. The van der Waals surface area contributed by atoms with Crippen LogP contribution in [0.5, 0.6) is 0 Å². The van der Waals surface area contributed by atoms with Crippen molar-refractivity contribution in [1.29, 1.82) is 0 Å². The number of carbonyl (C=O) groups is 2. The van der Waals surface area contributed by atoms with Crippen molar-refractivity contribution >= 4 is 19.8 Å². The van der Waals surface area contributed by atoms with Crippen LogP contribution >= 0.6 is 7.82 Å². The first-order chi connectivity index (χ1) is 23.0. The standard InChI is InChI=1S/C38H76NO8P/c1-6-8-10-12-14-16-18-19-21-22-24-26-28-30-37(40)44-34-36(35-46-48(42,43)45-33-32-39(3,4)5)47-38(41)31-29-27-25-23-20-17-15-13-11-9-7-2/h36H,6-35H2,1-5H3/p+1/t36-/m0/s1. The molecule has 48 heavy (non-hydrogen) atoms. The number of phosphoric acid groups is 1. The molecule has 0 amide bonds. The third-order valence-corrected chi connectivity index (χ3v) is 9.62. The molecule has 0 aromatic rings. The molecule has 0 aliphatic carbocycles. The zero-order valence-corrected chi connectivity index (χ0v) is 32.9. The molecule has 0 saturated carbocycles. The quantitative estimate of drug-likeness (QED) is 0.0297. The average Bonchev–Trinajstić information content (AvgIpc) is 3.02. The molecule has 0 aliphatic rings. The molecular formula is C38H77NO8P+. The molecule has 0 fully saturated rings. The second-order valence-corrected chi connectivity index (χ2v) is 16.1. The molecule has 0 spiro atoms. The lowest BCUT2D eigenvalue weighted by Crippen LogP contribution is -2.37. The second-order valence-electron chi connectivity index (χ2n) is 14.7. The number of phosphoric ester groups is 1. The molecule has 0 saturated heterocycles. The Bertz CT molecular complexity index is 804. The van der Waals surface area contributed by atoms with Crippen LogP contribution in [0.2, 0.25) is 0 Å². The number of hydrogen-bond donors (Lipinski definition) is 1. The summed E-state index contributed by atoms with van der Waals surface area (Å²) in [5.74, 6) is -0.790. The number of ether oxygens (including phenoxy) is 2. The molecule has 10 heteroatoms. The largest absolute Gasteiger partial charge is 0.472 e. The molecule has 1 unspecified atom stereocenters. The molecule has 0 aromatic carbocycles. The normalized spacial score (nSPS) is 13.7. The van der Waals surface area contributed by atoms with Gasteiger partial charge < -0.3 is 18.9 Å². The van der Waals surface area contributed by atoms with Gasteiger partial charge in [-0.2, -0.15) is 0 Å². The van der Waals surface area contributed by atoms with E-state index in [-0.39, 0.29) is 25.6 Å². The molecule has 286 valence electrons. The van der Waals surface area contributed by atoms with Gasteiger partial charge in [-0.05, 0) is 12.8 Å². The van der Waals surface area contributed by atoms with E-state index in [2.05, 4.69) is 13.8 Å². The molecule has 0 rings (SSSR count). The number of hydrogen-bond acceptors (Lipinski definition) is 7. The van der Waals surface area contributed by atoms with Gasteiger partial charge in [0.2, 0.25) is 0 Å². The maximum Gasteiger partial charge on any atom is 0.472 e. The summed E-state index contributed by atoms with van der Waals surface area (Å²) >= 11 is 0. The van der Waals surface area contributed by atoms with Gasteiger partial charge in [0.15, 0.2) is 6.10 Å². The fourth-order valence-electron chi connectivity index (χ4n) is 5.48. The predicted molar refractivity (Wildman–Crippen MR) is 197 cm³/mol. The number of quaternary nitrogens is 1. The highest BCUT2D eigenvalue weighted by Gasteiger charge is 2.27. The Morgan fingerprint density at radius 2 is 0.938 bits per heavy atom. The van der Waals surface area contributed by atoms with Gasteiger partial charge in [-0.15, -0.1) is 0 Å². The van der Waals surface area contributed by atoms with Crippen molar-refractivity contribution in [2.24, 2.45) is 0 Å². The molecule has 0 heterocycles. The van der Waals surface area contributed by atoms with Crippen LogP contribution in [0.25, 0.3) is 0 Å². The van der Waals surface area contributed by atoms with E-state index in [1.165, 1.54) is 116 Å². The van der Waals surface area contributed by atoms with Gasteiger partial charge >= 0.3 is 19.8 Å². The molecule has 9 nitrogen and oxygen atoms in total. The van der Waals surface area contributed by atoms with Crippen LogP contribution in [0.3, 0.4) is 0 Å². The van der Waals surface area contributed by atoms with E-state index in [0.29, 0.717) is 23.9 Å². The molecule has 0 radical (unpaired) electrons. The summed E-state index contributed by atoms with van der Waals surface area (Å²) in [7, 11) is 1.49. The summed E-state index contributed by atoms with van der Waals surface area (Å²) in [6.07, 6.45) is 28.6. The number of unbranched alkanes of at least 4 members (excludes halogenated alkanes) is 22. The van der Waals surface area contributed by atoms with Crippen LogP contribution in [0.1, 0.15) is 181 Å². The van der Waals surface area contributed by atoms with Crippen molar-refractivity contribution in [2.45, 2.75) is 187 Å². The Balaban J connectivity index is 4.39. The Labute approximate surface area is 295 Å². The highest BCUT2D eigenvalue weighted by atomic mass is 31.2. The van der Waals surface area contributed by atoms with Gasteiger partial charge in [-0.25, -0.2) is 4.57 Å². The SMILES string of the molecule is CCCCCCCCCCCCCCCC(=O)OC[C@@H](COP(=O)(O)OCC[N+](C)(C)C)OC(=O)CCCCCCCCCCCCC. The lowest BCUT2D eigenvalue weighted by atomic mass is 10.0. The smallest absolute Gasteiger partial charge is 0.462 e. The molecule has 1 N–H and O–H groups in total. The summed E-state index contributed by atoms with van der Waals surface area (Å²) in [6.45, 7) is 4.42. The van der Waals surface area contributed by atoms with Crippen molar-refractivity contribution in [1.82, 2.24) is 0 Å². The van der Waals surface area contributed by atoms with Crippen LogP contribution in [-0.2, 0) is 32.7 Å². The summed E-state index contributed by atoms with van der Waals surface area (Å²) in [6, 6.07) is 0. The Kier molecular flexibility index (Phi) is 31.3. The van der Waals surface area contributed by atoms with E-state index in [1.807, 2.05) is 21.1 Å². The molecule has 0 aromatic heterocycles. The van der Waals surface area contributed by atoms with Crippen molar-refractivity contribution in [2.75, 3.05) is 47.5 Å². The van der Waals surface area contributed by atoms with Gasteiger partial charge in [0.05, 0.1) is 27.7 Å². The highest BCUT2D eigenvalue weighted by Crippen LogP contribution is 2.43. The lowest BCUT2D eigenvalue weighted by molar-refractivity contribution is -0.870. The third-order valence-electron chi connectivity index (χ3n) is 8.64. The van der Waals surface area contributed by atoms with Crippen LogP contribution in [0.4, 0.5) is 0 Å². The highest BCUT2D eigenvalue weighted by molar-refractivity contribution is 7.47. The first-order valence-corrected chi connectivity index (χ1v) is 21.3. The van der Waals surface area contributed by atoms with Gasteiger partial charge in [-0.3, -0.25) is 18.6 Å². The number of carbonyl (C=O) groups excluding carboxylic acids is 2. The van der Waals surface area contributed by atoms with Crippen LogP contribution in [-0.4, -0.2) is 74.9 Å². The zero-order chi connectivity index (χ0) is 35.8. The van der Waals surface area contributed by atoms with Crippen molar-refractivity contribution < 1.29 is 42.1 Å². The summed E-state index contributed by atoms with van der Waals surface area (Å²) in [5.41, 5.74) is 0. The predicted octanol–water partition coefficient (Wildman–Crippen LogP) is 10.5. The maximum absolute atomic E-state index is 12.6. The minimum Gasteiger partial charge on any atom is -0.462 e. The van der Waals surface area contributed by atoms with E-state index >= 15 is 0 Å². The van der Waals surface area contributed by atoms with Crippen molar-refractivity contribution in [3.05, 3.63) is 0 Å². The average molecular weight is 707 g/mol. The van der Waals surface area contributed by atoms with Crippen LogP contribution in [0.15, 0.2) is 0 Å². The molecule has 0 bridgehead atoms. The minimum atomic E-state index is -4.36. The molecular weight excluding hydrogens is 629 g/mol. The minimum absolute atomic E-state index is 0.0364. The number of rotatable bonds is 36. The first kappa shape index (κ1) is 47.0. The fourth-order valence-corrected chi connectivity index (χ4v) is 6.23. The second kappa shape index (κ2) is 32.0. The number of esters is 2. The topological polar surface area (TPSA) is 108 Å². The lowest BCUT2D eigenvalue weighted by Gasteiger charge is -2.24. The van der Waals surface area contributed by atoms with Crippen LogP contribution in [0, 0.1) is 0 Å². The van der Waals surface area contributed by atoms with Gasteiger partial charge in [-0.1, -0.05) is 155 Å². The monoisotopic (exact) mass is 707 g/mol. The summed E-state index contributed by atoms with van der Waals surface area (Å²) in [4.78, 5) is 35.1. The van der Waals surface area contributed by atoms with E-state index < -0.39 is 26.5 Å². The number of likely N-dealkylation sites (N-methyl/N-ethyl adjacent to an activating group) is 1. The van der Waals surface area contributed by atoms with Crippen LogP contribution < -0.4 is 0 Å². The Morgan fingerprint density at radius 3 is 1.33 bits per heavy atom. The van der Waals surface area contributed by atoms with E-state index in [9.17, 15) is 19.0 Å². The van der Waals surface area contributed by atoms with Gasteiger partial charge in [0.25, 0.3) is 0 Å². The fraction of sp³-hybridized carbons (Fsp3) is 0.947. The summed E-state index contributed by atoms with van der Waals surface area (Å²) in [5, 5.41) is 0. The van der Waals surface area contributed by atoms with Crippen molar-refractivity contribution in [3.8, 4) is 0 Å². The number of nitrogens with zero attached hydrogens (tertiary/aromatic N) is 1. The zero-order valence-electron chi connectivity index (χ0n) is 32.0. The van der Waals surface area contributed by atoms with E-state index in [0.717, 1.165) is 32.1 Å². The summed E-state index contributed by atoms with van der Waals surface area (Å²) < 4.78 is 34.2. The van der Waals surface area contributed by atoms with E-state index in [4.69, 9.17) is 18.5 Å². The Hall–Kier alpha value is -0.990. The molecule has 2 atom stereocenters. The maximum atomic E-state index is 12.6. The van der Waals surface area contributed by atoms with E-state index in [1.54, 1.807) is 0 Å². The first-order valence-electron chi connectivity index (χ1n) is 19.8. The van der Waals surface area contributed by atoms with Gasteiger partial charge in [0, 0.05) is 12.8 Å².